The first kappa shape index (κ1) is 18.1. The van der Waals surface area contributed by atoms with Gasteiger partial charge in [-0.15, -0.1) is 0 Å². The number of phenols is 1. The number of nitro benzene ring substituents is 1. The lowest BCUT2D eigenvalue weighted by Gasteiger charge is -2.25. The van der Waals surface area contributed by atoms with E-state index in [0.29, 0.717) is 6.07 Å². The van der Waals surface area contributed by atoms with Crippen LogP contribution in [0.3, 0.4) is 0 Å². The van der Waals surface area contributed by atoms with Crippen molar-refractivity contribution in [2.75, 3.05) is 0 Å². The van der Waals surface area contributed by atoms with E-state index in [1.165, 1.54) is 6.07 Å². The molecule has 130 valence electrons. The standard InChI is InChI=1S/C16H11F3N2O4/c1-8-5-10(17)13(15(19)14(8)18)16(2,7-20)25-12-6-9(22)3-4-11(12)21(23)24/h3-6,22H,1-2H3. The molecule has 0 aromatic heterocycles. The summed E-state index contributed by atoms with van der Waals surface area (Å²) in [6.07, 6.45) is 0. The summed E-state index contributed by atoms with van der Waals surface area (Å²) in [5.74, 6) is -5.29. The van der Waals surface area contributed by atoms with E-state index < -0.39 is 50.7 Å². The minimum Gasteiger partial charge on any atom is -0.508 e. The summed E-state index contributed by atoms with van der Waals surface area (Å²) < 4.78 is 47.4. The Hall–Kier alpha value is -3.28. The molecule has 2 aromatic carbocycles. The molecule has 0 spiro atoms. The number of aromatic hydroxyl groups is 1. The van der Waals surface area contributed by atoms with Crippen LogP contribution >= 0.6 is 0 Å². The topological polar surface area (TPSA) is 96.4 Å². The molecule has 25 heavy (non-hydrogen) atoms. The highest BCUT2D eigenvalue weighted by atomic mass is 19.2. The molecule has 0 radical (unpaired) electrons. The molecule has 2 aromatic rings. The number of aryl methyl sites for hydroxylation is 1. The summed E-state index contributed by atoms with van der Waals surface area (Å²) in [7, 11) is 0. The van der Waals surface area contributed by atoms with Crippen LogP contribution in [0.25, 0.3) is 0 Å². The van der Waals surface area contributed by atoms with Crippen LogP contribution < -0.4 is 4.74 Å². The fourth-order valence-corrected chi connectivity index (χ4v) is 2.24. The molecule has 0 saturated heterocycles. The third-order valence-corrected chi connectivity index (χ3v) is 3.49. The Bertz CT molecular complexity index is 911. The predicted octanol–water partition coefficient (Wildman–Crippen LogP) is 3.84. The van der Waals surface area contributed by atoms with Crippen molar-refractivity contribution in [3.63, 3.8) is 0 Å². The molecule has 1 unspecified atom stereocenters. The molecule has 0 heterocycles. The lowest BCUT2D eigenvalue weighted by atomic mass is 9.94. The van der Waals surface area contributed by atoms with E-state index in [4.69, 9.17) is 4.74 Å². The van der Waals surface area contributed by atoms with Gasteiger partial charge < -0.3 is 9.84 Å². The van der Waals surface area contributed by atoms with Gasteiger partial charge in [0.25, 0.3) is 0 Å². The number of hydrogen-bond donors (Lipinski definition) is 1. The van der Waals surface area contributed by atoms with E-state index >= 15 is 0 Å². The molecule has 0 amide bonds. The van der Waals surface area contributed by atoms with E-state index in [2.05, 4.69) is 0 Å². The molecule has 0 bridgehead atoms. The van der Waals surface area contributed by atoms with Gasteiger partial charge in [0, 0.05) is 12.1 Å². The van der Waals surface area contributed by atoms with Crippen LogP contribution in [0.2, 0.25) is 0 Å². The molecule has 0 aliphatic heterocycles. The van der Waals surface area contributed by atoms with Crippen LogP contribution in [0.4, 0.5) is 18.9 Å². The Kier molecular flexibility index (Phi) is 4.56. The molecular formula is C16H11F3N2O4. The van der Waals surface area contributed by atoms with Crippen LogP contribution in [0.1, 0.15) is 18.1 Å². The third-order valence-electron chi connectivity index (χ3n) is 3.49. The van der Waals surface area contributed by atoms with Crippen molar-refractivity contribution in [1.29, 1.82) is 5.26 Å². The summed E-state index contributed by atoms with van der Waals surface area (Å²) in [6.45, 7) is 2.06. The van der Waals surface area contributed by atoms with E-state index in [-0.39, 0.29) is 5.56 Å². The monoisotopic (exact) mass is 352 g/mol. The van der Waals surface area contributed by atoms with Crippen molar-refractivity contribution in [3.8, 4) is 17.6 Å². The number of nitriles is 1. The van der Waals surface area contributed by atoms with Crippen LogP contribution in [0, 0.1) is 45.8 Å². The Morgan fingerprint density at radius 1 is 1.28 bits per heavy atom. The number of ether oxygens (including phenoxy) is 1. The predicted molar refractivity (Wildman–Crippen MR) is 79.4 cm³/mol. The molecule has 2 rings (SSSR count). The van der Waals surface area contributed by atoms with Gasteiger partial charge in [-0.2, -0.15) is 5.26 Å². The van der Waals surface area contributed by atoms with Gasteiger partial charge in [0.2, 0.25) is 11.4 Å². The molecule has 1 N–H and O–H groups in total. The molecular weight excluding hydrogens is 341 g/mol. The van der Waals surface area contributed by atoms with E-state index in [9.17, 15) is 33.7 Å². The van der Waals surface area contributed by atoms with Crippen molar-refractivity contribution < 1.29 is 27.9 Å². The molecule has 0 fully saturated rings. The number of phenolic OH excluding ortho intramolecular Hbond substituents is 1. The van der Waals surface area contributed by atoms with Crippen molar-refractivity contribution in [2.24, 2.45) is 0 Å². The molecule has 0 aliphatic carbocycles. The van der Waals surface area contributed by atoms with Gasteiger partial charge in [-0.25, -0.2) is 13.2 Å². The van der Waals surface area contributed by atoms with Crippen molar-refractivity contribution >= 4 is 5.69 Å². The molecule has 1 atom stereocenters. The van der Waals surface area contributed by atoms with Crippen molar-refractivity contribution in [1.82, 2.24) is 0 Å². The lowest BCUT2D eigenvalue weighted by molar-refractivity contribution is -0.386. The molecule has 0 saturated carbocycles. The number of nitrogens with zero attached hydrogens (tertiary/aromatic N) is 2. The van der Waals surface area contributed by atoms with Gasteiger partial charge in [0.05, 0.1) is 10.5 Å². The van der Waals surface area contributed by atoms with Crippen LogP contribution in [-0.4, -0.2) is 10.0 Å². The van der Waals surface area contributed by atoms with Crippen LogP contribution in [-0.2, 0) is 5.60 Å². The van der Waals surface area contributed by atoms with E-state index in [0.717, 1.165) is 32.0 Å². The first-order valence-electron chi connectivity index (χ1n) is 6.83. The molecule has 0 aliphatic rings. The Morgan fingerprint density at radius 3 is 2.48 bits per heavy atom. The Labute approximate surface area is 139 Å². The number of nitro groups is 1. The van der Waals surface area contributed by atoms with Gasteiger partial charge in [-0.1, -0.05) is 0 Å². The number of benzene rings is 2. The van der Waals surface area contributed by atoms with Crippen molar-refractivity contribution in [3.05, 3.63) is 63.0 Å². The smallest absolute Gasteiger partial charge is 0.311 e. The second kappa shape index (κ2) is 6.32. The Balaban J connectivity index is 2.66. The largest absolute Gasteiger partial charge is 0.508 e. The second-order valence-corrected chi connectivity index (χ2v) is 5.33. The van der Waals surface area contributed by atoms with Gasteiger partial charge in [0.1, 0.15) is 17.6 Å². The average molecular weight is 352 g/mol. The second-order valence-electron chi connectivity index (χ2n) is 5.33. The third kappa shape index (κ3) is 3.19. The van der Waals surface area contributed by atoms with E-state index in [1.54, 1.807) is 0 Å². The summed E-state index contributed by atoms with van der Waals surface area (Å²) in [6, 6.07) is 4.88. The maximum Gasteiger partial charge on any atom is 0.311 e. The van der Waals surface area contributed by atoms with Crippen molar-refractivity contribution in [2.45, 2.75) is 19.4 Å². The Morgan fingerprint density at radius 2 is 1.92 bits per heavy atom. The zero-order valence-corrected chi connectivity index (χ0v) is 13.0. The quantitative estimate of drug-likeness (QED) is 0.512. The fraction of sp³-hybridized carbons (Fsp3) is 0.188. The zero-order chi connectivity index (χ0) is 18.9. The fourth-order valence-electron chi connectivity index (χ4n) is 2.24. The lowest BCUT2D eigenvalue weighted by Crippen LogP contribution is -2.31. The first-order valence-corrected chi connectivity index (χ1v) is 6.83. The number of rotatable bonds is 4. The maximum atomic E-state index is 14.2. The van der Waals surface area contributed by atoms with Crippen LogP contribution in [0.5, 0.6) is 11.5 Å². The highest BCUT2D eigenvalue weighted by Crippen LogP contribution is 2.38. The normalized spacial score (nSPS) is 13.0. The SMILES string of the molecule is Cc1cc(F)c(C(C)(C#N)Oc2cc(O)ccc2[N+](=O)[O-])c(F)c1F. The number of halogens is 3. The minimum atomic E-state index is -2.43. The minimum absolute atomic E-state index is 0.317. The molecule has 9 heteroatoms. The summed E-state index contributed by atoms with van der Waals surface area (Å²) >= 11 is 0. The highest BCUT2D eigenvalue weighted by molar-refractivity contribution is 5.51. The van der Waals surface area contributed by atoms with Gasteiger partial charge >= 0.3 is 5.69 Å². The summed E-state index contributed by atoms with van der Waals surface area (Å²) in [5.41, 5.74) is -4.42. The zero-order valence-electron chi connectivity index (χ0n) is 13.0. The first-order chi connectivity index (χ1) is 11.6. The number of hydrogen-bond acceptors (Lipinski definition) is 5. The summed E-state index contributed by atoms with van der Waals surface area (Å²) in [5, 5.41) is 29.8. The van der Waals surface area contributed by atoms with Gasteiger partial charge in [-0.05, 0) is 31.5 Å². The highest BCUT2D eigenvalue weighted by Gasteiger charge is 2.39. The summed E-state index contributed by atoms with van der Waals surface area (Å²) in [4.78, 5) is 10.2. The molecule has 6 nitrogen and oxygen atoms in total. The average Bonchev–Trinajstić information content (AvgIpc) is 2.52. The van der Waals surface area contributed by atoms with Gasteiger partial charge in [0.15, 0.2) is 11.6 Å². The van der Waals surface area contributed by atoms with E-state index in [1.807, 2.05) is 0 Å². The maximum absolute atomic E-state index is 14.2. The van der Waals surface area contributed by atoms with Gasteiger partial charge in [-0.3, -0.25) is 10.1 Å². The van der Waals surface area contributed by atoms with Crippen LogP contribution in [0.15, 0.2) is 24.3 Å².